The van der Waals surface area contributed by atoms with Crippen LogP contribution in [0.5, 0.6) is 0 Å². The van der Waals surface area contributed by atoms with Crippen molar-refractivity contribution in [1.29, 1.82) is 0 Å². The second kappa shape index (κ2) is 7.01. The summed E-state index contributed by atoms with van der Waals surface area (Å²) in [6.07, 6.45) is 0. The van der Waals surface area contributed by atoms with Crippen molar-refractivity contribution in [3.05, 3.63) is 71.5 Å². The SMILES string of the molecule is NC[C@@H]1CN(S(=O)(=O)Cc2ccccc2F)C[C@H]1c1ccccc1. The number of sulfonamides is 1. The number of benzene rings is 2. The summed E-state index contributed by atoms with van der Waals surface area (Å²) in [7, 11) is -3.58. The second-order valence-corrected chi connectivity index (χ2v) is 8.15. The first-order valence-corrected chi connectivity index (χ1v) is 9.58. The molecule has 2 N–H and O–H groups in total. The lowest BCUT2D eigenvalue weighted by atomic mass is 9.89. The molecular formula is C18H21FN2O2S. The molecule has 1 aliphatic heterocycles. The van der Waals surface area contributed by atoms with Gasteiger partial charge < -0.3 is 5.73 Å². The molecule has 4 nitrogen and oxygen atoms in total. The summed E-state index contributed by atoms with van der Waals surface area (Å²) in [4.78, 5) is 0. The molecule has 0 unspecified atom stereocenters. The van der Waals surface area contributed by atoms with E-state index in [1.807, 2.05) is 30.3 Å². The molecule has 1 heterocycles. The maximum Gasteiger partial charge on any atom is 0.218 e. The first-order valence-electron chi connectivity index (χ1n) is 7.97. The normalized spacial score (nSPS) is 21.9. The smallest absolute Gasteiger partial charge is 0.218 e. The van der Waals surface area contributed by atoms with Crippen molar-refractivity contribution in [1.82, 2.24) is 4.31 Å². The van der Waals surface area contributed by atoms with Crippen molar-refractivity contribution in [3.8, 4) is 0 Å². The van der Waals surface area contributed by atoms with E-state index in [0.717, 1.165) is 5.56 Å². The van der Waals surface area contributed by atoms with Crippen molar-refractivity contribution in [2.75, 3.05) is 19.6 Å². The number of halogens is 1. The van der Waals surface area contributed by atoms with Crippen molar-refractivity contribution in [2.24, 2.45) is 11.7 Å². The van der Waals surface area contributed by atoms with Gasteiger partial charge in [0.05, 0.1) is 5.75 Å². The van der Waals surface area contributed by atoms with Crippen molar-refractivity contribution < 1.29 is 12.8 Å². The van der Waals surface area contributed by atoms with Gasteiger partial charge in [0.25, 0.3) is 0 Å². The van der Waals surface area contributed by atoms with Crippen molar-refractivity contribution >= 4 is 10.0 Å². The van der Waals surface area contributed by atoms with E-state index >= 15 is 0 Å². The summed E-state index contributed by atoms with van der Waals surface area (Å²) < 4.78 is 40.7. The van der Waals surface area contributed by atoms with Crippen LogP contribution in [0.2, 0.25) is 0 Å². The van der Waals surface area contributed by atoms with Gasteiger partial charge in [-0.05, 0) is 24.1 Å². The van der Waals surface area contributed by atoms with Gasteiger partial charge in [-0.1, -0.05) is 48.5 Å². The van der Waals surface area contributed by atoms with E-state index in [1.54, 1.807) is 12.1 Å². The fourth-order valence-electron chi connectivity index (χ4n) is 3.28. The fourth-order valence-corrected chi connectivity index (χ4v) is 4.89. The van der Waals surface area contributed by atoms with Crippen LogP contribution in [0.25, 0.3) is 0 Å². The zero-order chi connectivity index (χ0) is 17.2. The molecular weight excluding hydrogens is 327 g/mol. The Morgan fingerprint density at radius 1 is 1.04 bits per heavy atom. The number of hydrogen-bond acceptors (Lipinski definition) is 3. The highest BCUT2D eigenvalue weighted by Gasteiger charge is 2.38. The lowest BCUT2D eigenvalue weighted by Crippen LogP contribution is -2.31. The van der Waals surface area contributed by atoms with Crippen LogP contribution in [-0.2, 0) is 15.8 Å². The predicted molar refractivity (Wildman–Crippen MR) is 92.3 cm³/mol. The van der Waals surface area contributed by atoms with Crippen LogP contribution in [0.3, 0.4) is 0 Å². The Bertz CT molecular complexity index is 796. The van der Waals surface area contributed by atoms with Gasteiger partial charge in [-0.15, -0.1) is 0 Å². The van der Waals surface area contributed by atoms with Gasteiger partial charge in [0.15, 0.2) is 0 Å². The van der Waals surface area contributed by atoms with Crippen molar-refractivity contribution in [2.45, 2.75) is 11.7 Å². The molecule has 1 saturated heterocycles. The van der Waals surface area contributed by atoms with E-state index in [1.165, 1.54) is 16.4 Å². The third-order valence-electron chi connectivity index (χ3n) is 4.63. The summed E-state index contributed by atoms with van der Waals surface area (Å²) in [6, 6.07) is 15.8. The maximum atomic E-state index is 13.8. The number of nitrogens with zero attached hydrogens (tertiary/aromatic N) is 1. The molecule has 2 aromatic carbocycles. The summed E-state index contributed by atoms with van der Waals surface area (Å²) in [6.45, 7) is 1.20. The highest BCUT2D eigenvalue weighted by atomic mass is 32.2. The Morgan fingerprint density at radius 3 is 2.38 bits per heavy atom. The minimum absolute atomic E-state index is 0.0720. The Morgan fingerprint density at radius 2 is 1.71 bits per heavy atom. The average Bonchev–Trinajstić information content (AvgIpc) is 3.03. The van der Waals surface area contributed by atoms with Crippen LogP contribution < -0.4 is 5.73 Å². The van der Waals surface area contributed by atoms with Gasteiger partial charge in [0.2, 0.25) is 10.0 Å². The van der Waals surface area contributed by atoms with Crippen LogP contribution in [-0.4, -0.2) is 32.4 Å². The van der Waals surface area contributed by atoms with Crippen LogP contribution in [0.15, 0.2) is 54.6 Å². The van der Waals surface area contributed by atoms with E-state index in [9.17, 15) is 12.8 Å². The van der Waals surface area contributed by atoms with E-state index in [2.05, 4.69) is 0 Å². The predicted octanol–water partition coefficient (Wildman–Crippen LogP) is 2.33. The minimum atomic E-state index is -3.58. The Kier molecular flexibility index (Phi) is 4.99. The molecule has 0 bridgehead atoms. The fraction of sp³-hybridized carbons (Fsp3) is 0.333. The Hall–Kier alpha value is -1.76. The average molecular weight is 348 g/mol. The molecule has 1 fully saturated rings. The van der Waals surface area contributed by atoms with Crippen LogP contribution in [0.4, 0.5) is 4.39 Å². The summed E-state index contributed by atoms with van der Waals surface area (Å²) in [5.74, 6) is -0.664. The van der Waals surface area contributed by atoms with Crippen LogP contribution in [0.1, 0.15) is 17.0 Å². The van der Waals surface area contributed by atoms with Gasteiger partial charge >= 0.3 is 0 Å². The molecule has 6 heteroatoms. The molecule has 1 aliphatic rings. The molecule has 0 saturated carbocycles. The van der Waals surface area contributed by atoms with E-state index in [-0.39, 0.29) is 23.2 Å². The van der Waals surface area contributed by atoms with E-state index < -0.39 is 15.8 Å². The zero-order valence-electron chi connectivity index (χ0n) is 13.3. The van der Waals surface area contributed by atoms with E-state index in [0.29, 0.717) is 19.6 Å². The monoisotopic (exact) mass is 348 g/mol. The highest BCUT2D eigenvalue weighted by Crippen LogP contribution is 2.34. The third kappa shape index (κ3) is 3.50. The standard InChI is InChI=1S/C18H21FN2O2S/c19-18-9-5-4-8-15(18)13-24(22,23)21-11-16(10-20)17(12-21)14-6-2-1-3-7-14/h1-9,16-17H,10-13,20H2/t16-,17+/m1/s1. The molecule has 2 atom stereocenters. The Labute approximate surface area is 142 Å². The maximum absolute atomic E-state index is 13.8. The van der Waals surface area contributed by atoms with Crippen LogP contribution >= 0.6 is 0 Å². The molecule has 24 heavy (non-hydrogen) atoms. The summed E-state index contributed by atoms with van der Waals surface area (Å²) in [5.41, 5.74) is 7.16. The minimum Gasteiger partial charge on any atom is -0.330 e. The molecule has 128 valence electrons. The van der Waals surface area contributed by atoms with Crippen LogP contribution in [0, 0.1) is 11.7 Å². The quantitative estimate of drug-likeness (QED) is 0.902. The molecule has 0 aliphatic carbocycles. The number of nitrogens with two attached hydrogens (primary N) is 1. The molecule has 0 amide bonds. The van der Waals surface area contributed by atoms with Gasteiger partial charge in [-0.2, -0.15) is 0 Å². The molecule has 2 aromatic rings. The lowest BCUT2D eigenvalue weighted by Gasteiger charge is -2.17. The van der Waals surface area contributed by atoms with Gasteiger partial charge in [-0.3, -0.25) is 0 Å². The van der Waals surface area contributed by atoms with Gasteiger partial charge in [0.1, 0.15) is 5.82 Å². The molecule has 0 radical (unpaired) electrons. The van der Waals surface area contributed by atoms with Gasteiger partial charge in [-0.25, -0.2) is 17.1 Å². The third-order valence-corrected chi connectivity index (χ3v) is 6.39. The molecule has 0 spiro atoms. The second-order valence-electron chi connectivity index (χ2n) is 6.18. The number of rotatable bonds is 5. The topological polar surface area (TPSA) is 63.4 Å². The van der Waals surface area contributed by atoms with E-state index in [4.69, 9.17) is 5.73 Å². The molecule has 3 rings (SSSR count). The lowest BCUT2D eigenvalue weighted by molar-refractivity contribution is 0.457. The highest BCUT2D eigenvalue weighted by molar-refractivity contribution is 7.88. The zero-order valence-corrected chi connectivity index (χ0v) is 14.1. The molecule has 0 aromatic heterocycles. The summed E-state index contributed by atoms with van der Waals surface area (Å²) in [5, 5.41) is 0. The van der Waals surface area contributed by atoms with Crippen molar-refractivity contribution in [3.63, 3.8) is 0 Å². The number of hydrogen-bond donors (Lipinski definition) is 1. The first-order chi connectivity index (χ1) is 11.5. The first kappa shape index (κ1) is 17.1. The summed E-state index contributed by atoms with van der Waals surface area (Å²) >= 11 is 0. The van der Waals surface area contributed by atoms with Gasteiger partial charge in [0, 0.05) is 24.6 Å². The largest absolute Gasteiger partial charge is 0.330 e. The Balaban J connectivity index is 1.81.